The highest BCUT2D eigenvalue weighted by Gasteiger charge is 2.13. The quantitative estimate of drug-likeness (QED) is 0.582. The predicted octanol–water partition coefficient (Wildman–Crippen LogP) is 4.81. The average Bonchev–Trinajstić information content (AvgIpc) is 2.64. The first-order valence-electron chi connectivity index (χ1n) is 8.42. The Kier molecular flexibility index (Phi) is 5.29. The molecule has 0 fully saturated rings. The second-order valence-corrected chi connectivity index (χ2v) is 5.87. The summed E-state index contributed by atoms with van der Waals surface area (Å²) in [5.41, 5.74) is 2.14. The average molecular weight is 335 g/mol. The highest BCUT2D eigenvalue weighted by molar-refractivity contribution is 5.98. The maximum absolute atomic E-state index is 12.0. The van der Waals surface area contributed by atoms with E-state index in [-0.39, 0.29) is 5.78 Å². The standard InChI is InChI=1S/C21H21NO3/c1-3-11-24-18-9-10-19-17(12-18)13-20(21(22-19)15(2)23)25-14-16-7-5-4-6-8-16/h4-10,12-13H,3,11,14H2,1-2H3. The van der Waals surface area contributed by atoms with E-state index >= 15 is 0 Å². The van der Waals surface area contributed by atoms with E-state index in [1.807, 2.05) is 54.6 Å². The van der Waals surface area contributed by atoms with Crippen molar-refractivity contribution in [2.45, 2.75) is 26.9 Å². The summed E-state index contributed by atoms with van der Waals surface area (Å²) in [5.74, 6) is 1.17. The molecule has 0 atom stereocenters. The Morgan fingerprint density at radius 3 is 2.56 bits per heavy atom. The monoisotopic (exact) mass is 335 g/mol. The van der Waals surface area contributed by atoms with Crippen LogP contribution in [-0.4, -0.2) is 17.4 Å². The first-order valence-corrected chi connectivity index (χ1v) is 8.42. The maximum atomic E-state index is 12.0. The molecule has 0 aliphatic carbocycles. The molecular formula is C21H21NO3. The summed E-state index contributed by atoms with van der Waals surface area (Å²) in [5, 5.41) is 0.890. The van der Waals surface area contributed by atoms with E-state index in [1.165, 1.54) is 6.92 Å². The molecule has 128 valence electrons. The van der Waals surface area contributed by atoms with Crippen molar-refractivity contribution in [2.75, 3.05) is 6.61 Å². The number of rotatable bonds is 7. The number of pyridine rings is 1. The van der Waals surface area contributed by atoms with Crippen LogP contribution in [0.3, 0.4) is 0 Å². The highest BCUT2D eigenvalue weighted by atomic mass is 16.5. The van der Waals surface area contributed by atoms with Gasteiger partial charge in [-0.2, -0.15) is 0 Å². The molecule has 0 bridgehead atoms. The Hall–Kier alpha value is -2.88. The molecule has 0 saturated carbocycles. The van der Waals surface area contributed by atoms with E-state index in [9.17, 15) is 4.79 Å². The van der Waals surface area contributed by atoms with Crippen molar-refractivity contribution in [1.29, 1.82) is 0 Å². The number of benzene rings is 2. The number of ether oxygens (including phenoxy) is 2. The van der Waals surface area contributed by atoms with E-state index in [2.05, 4.69) is 11.9 Å². The van der Waals surface area contributed by atoms with Crippen molar-refractivity contribution in [2.24, 2.45) is 0 Å². The maximum Gasteiger partial charge on any atom is 0.181 e. The minimum absolute atomic E-state index is 0.115. The second kappa shape index (κ2) is 7.79. The van der Waals surface area contributed by atoms with Crippen LogP contribution in [0.25, 0.3) is 10.9 Å². The number of nitrogens with zero attached hydrogens (tertiary/aromatic N) is 1. The highest BCUT2D eigenvalue weighted by Crippen LogP contribution is 2.27. The largest absolute Gasteiger partial charge is 0.494 e. The van der Waals surface area contributed by atoms with Crippen molar-refractivity contribution >= 4 is 16.7 Å². The molecule has 1 aromatic heterocycles. The number of carbonyl (C=O) groups is 1. The fourth-order valence-corrected chi connectivity index (χ4v) is 2.54. The number of aromatic nitrogens is 1. The van der Waals surface area contributed by atoms with E-state index in [0.29, 0.717) is 24.7 Å². The van der Waals surface area contributed by atoms with Crippen LogP contribution < -0.4 is 9.47 Å². The third kappa shape index (κ3) is 4.15. The lowest BCUT2D eigenvalue weighted by Gasteiger charge is -2.12. The molecule has 0 N–H and O–H groups in total. The van der Waals surface area contributed by atoms with Gasteiger partial charge < -0.3 is 9.47 Å². The van der Waals surface area contributed by atoms with Crippen molar-refractivity contribution in [3.05, 3.63) is 65.9 Å². The fraction of sp³-hybridized carbons (Fsp3) is 0.238. The Labute approximate surface area is 147 Å². The molecule has 0 unspecified atom stereocenters. The molecule has 2 aromatic carbocycles. The van der Waals surface area contributed by atoms with Crippen molar-refractivity contribution in [3.63, 3.8) is 0 Å². The summed E-state index contributed by atoms with van der Waals surface area (Å²) in [4.78, 5) is 16.4. The number of ketones is 1. The zero-order chi connectivity index (χ0) is 17.6. The first-order chi connectivity index (χ1) is 12.2. The normalized spacial score (nSPS) is 10.6. The summed E-state index contributed by atoms with van der Waals surface area (Å²) in [7, 11) is 0. The molecule has 25 heavy (non-hydrogen) atoms. The van der Waals surface area contributed by atoms with Gasteiger partial charge in [-0.05, 0) is 36.2 Å². The lowest BCUT2D eigenvalue weighted by atomic mass is 10.1. The van der Waals surface area contributed by atoms with Crippen LogP contribution in [-0.2, 0) is 6.61 Å². The zero-order valence-corrected chi connectivity index (χ0v) is 14.5. The minimum atomic E-state index is -0.115. The van der Waals surface area contributed by atoms with Gasteiger partial charge in [0.05, 0.1) is 12.1 Å². The molecule has 1 heterocycles. The summed E-state index contributed by atoms with van der Waals surface area (Å²) >= 11 is 0. The van der Waals surface area contributed by atoms with Gasteiger partial charge in [0, 0.05) is 12.3 Å². The van der Waals surface area contributed by atoms with Gasteiger partial charge in [0.15, 0.2) is 5.78 Å². The first kappa shape index (κ1) is 17.0. The lowest BCUT2D eigenvalue weighted by molar-refractivity contribution is 0.100. The molecule has 3 aromatic rings. The van der Waals surface area contributed by atoms with Crippen LogP contribution in [0.2, 0.25) is 0 Å². The van der Waals surface area contributed by atoms with Crippen LogP contribution in [0.15, 0.2) is 54.6 Å². The summed E-state index contributed by atoms with van der Waals surface area (Å²) < 4.78 is 11.6. The van der Waals surface area contributed by atoms with Gasteiger partial charge in [0.2, 0.25) is 0 Å². The zero-order valence-electron chi connectivity index (χ0n) is 14.5. The van der Waals surface area contributed by atoms with Crippen LogP contribution in [0.1, 0.15) is 36.3 Å². The molecule has 0 aliphatic heterocycles. The molecule has 3 rings (SSSR count). The van der Waals surface area contributed by atoms with Crippen molar-refractivity contribution in [1.82, 2.24) is 4.98 Å². The van der Waals surface area contributed by atoms with Gasteiger partial charge in [-0.15, -0.1) is 0 Å². The molecule has 0 saturated heterocycles. The van der Waals surface area contributed by atoms with Gasteiger partial charge in [-0.25, -0.2) is 4.98 Å². The summed E-state index contributed by atoms with van der Waals surface area (Å²) in [6.45, 7) is 4.63. The van der Waals surface area contributed by atoms with Gasteiger partial charge in [-0.3, -0.25) is 4.79 Å². The summed E-state index contributed by atoms with van der Waals surface area (Å²) in [6, 6.07) is 17.4. The van der Waals surface area contributed by atoms with Gasteiger partial charge in [0.25, 0.3) is 0 Å². The minimum Gasteiger partial charge on any atom is -0.494 e. The predicted molar refractivity (Wildman–Crippen MR) is 98.3 cm³/mol. The smallest absolute Gasteiger partial charge is 0.181 e. The Morgan fingerprint density at radius 2 is 1.84 bits per heavy atom. The van der Waals surface area contributed by atoms with Crippen LogP contribution in [0.4, 0.5) is 0 Å². The van der Waals surface area contributed by atoms with E-state index in [0.717, 1.165) is 28.6 Å². The molecule has 0 amide bonds. The molecular weight excluding hydrogens is 314 g/mol. The Bertz CT molecular complexity index is 875. The third-order valence-electron chi connectivity index (χ3n) is 3.79. The van der Waals surface area contributed by atoms with Gasteiger partial charge in [0.1, 0.15) is 23.8 Å². The number of hydrogen-bond acceptors (Lipinski definition) is 4. The van der Waals surface area contributed by atoms with E-state index in [4.69, 9.17) is 9.47 Å². The van der Waals surface area contributed by atoms with Crippen LogP contribution in [0.5, 0.6) is 11.5 Å². The van der Waals surface area contributed by atoms with Crippen LogP contribution >= 0.6 is 0 Å². The number of fused-ring (bicyclic) bond motifs is 1. The summed E-state index contributed by atoms with van der Waals surface area (Å²) in [6.07, 6.45) is 0.949. The molecule has 0 radical (unpaired) electrons. The fourth-order valence-electron chi connectivity index (χ4n) is 2.54. The van der Waals surface area contributed by atoms with Crippen LogP contribution in [0, 0.1) is 0 Å². The number of hydrogen-bond donors (Lipinski definition) is 0. The molecule has 0 aliphatic rings. The van der Waals surface area contributed by atoms with Gasteiger partial charge in [-0.1, -0.05) is 37.3 Å². The third-order valence-corrected chi connectivity index (χ3v) is 3.79. The van der Waals surface area contributed by atoms with E-state index < -0.39 is 0 Å². The van der Waals surface area contributed by atoms with Crippen molar-refractivity contribution in [3.8, 4) is 11.5 Å². The second-order valence-electron chi connectivity index (χ2n) is 5.87. The Morgan fingerprint density at radius 1 is 1.04 bits per heavy atom. The molecule has 0 spiro atoms. The SMILES string of the molecule is CCCOc1ccc2nc(C(C)=O)c(OCc3ccccc3)cc2c1. The van der Waals surface area contributed by atoms with Crippen molar-refractivity contribution < 1.29 is 14.3 Å². The van der Waals surface area contributed by atoms with E-state index in [1.54, 1.807) is 0 Å². The molecule has 4 heteroatoms. The van der Waals surface area contributed by atoms with Gasteiger partial charge >= 0.3 is 0 Å². The lowest BCUT2D eigenvalue weighted by Crippen LogP contribution is -2.04. The number of Topliss-reactive ketones (excluding diaryl/α,β-unsaturated/α-hetero) is 1. The number of carbonyl (C=O) groups excluding carboxylic acids is 1. The Balaban J connectivity index is 1.93. The topological polar surface area (TPSA) is 48.4 Å². The molecule has 4 nitrogen and oxygen atoms in total.